The highest BCUT2D eigenvalue weighted by atomic mass is 35.5. The largest absolute Gasteiger partial charge is 0.477 e. The van der Waals surface area contributed by atoms with Crippen LogP contribution in [0, 0.1) is 24.1 Å². The minimum absolute atomic E-state index is 0.218. The fraction of sp³-hybridized carbons (Fsp3) is 0.133. The Morgan fingerprint density at radius 3 is 2.68 bits per heavy atom. The van der Waals surface area contributed by atoms with Gasteiger partial charge in [0, 0.05) is 5.56 Å². The van der Waals surface area contributed by atoms with Crippen molar-refractivity contribution in [2.24, 2.45) is 0 Å². The van der Waals surface area contributed by atoms with Gasteiger partial charge in [0.25, 0.3) is 0 Å². The second-order valence-electron chi connectivity index (χ2n) is 4.55. The van der Waals surface area contributed by atoms with Crippen LogP contribution in [0.1, 0.15) is 16.8 Å². The molecular weight excluding hydrogens is 309 g/mol. The number of nitriles is 1. The lowest BCUT2D eigenvalue weighted by molar-refractivity contribution is -0.132. The molecule has 0 amide bonds. The first-order chi connectivity index (χ1) is 10.4. The number of carboxylic acid groups (broad SMARTS) is 1. The number of nitrogens with zero attached hydrogens (tertiary/aromatic N) is 3. The van der Waals surface area contributed by atoms with Crippen LogP contribution < -0.4 is 0 Å². The molecule has 0 spiro atoms. The van der Waals surface area contributed by atoms with E-state index in [2.05, 4.69) is 5.10 Å². The van der Waals surface area contributed by atoms with Gasteiger partial charge in [0.2, 0.25) is 0 Å². The number of aryl methyl sites for hydroxylation is 1. The maximum atomic E-state index is 12.9. The van der Waals surface area contributed by atoms with Crippen molar-refractivity contribution in [2.75, 3.05) is 0 Å². The molecule has 1 heterocycles. The van der Waals surface area contributed by atoms with Crippen molar-refractivity contribution in [3.63, 3.8) is 0 Å². The molecule has 0 unspecified atom stereocenters. The predicted octanol–water partition coefficient (Wildman–Crippen LogP) is 3.02. The highest BCUT2D eigenvalue weighted by molar-refractivity contribution is 6.31. The second kappa shape index (κ2) is 6.41. The lowest BCUT2D eigenvalue weighted by atomic mass is 10.1. The third-order valence-electron chi connectivity index (χ3n) is 2.99. The third-order valence-corrected chi connectivity index (χ3v) is 3.39. The summed E-state index contributed by atoms with van der Waals surface area (Å²) in [5, 5.41) is 22.1. The van der Waals surface area contributed by atoms with Crippen molar-refractivity contribution in [2.45, 2.75) is 13.5 Å². The molecule has 7 heteroatoms. The Bertz CT molecular complexity index is 788. The maximum absolute atomic E-state index is 12.9. The van der Waals surface area contributed by atoms with Crippen LogP contribution in [0.25, 0.3) is 6.08 Å². The van der Waals surface area contributed by atoms with E-state index in [1.807, 2.05) is 0 Å². The molecule has 1 aromatic heterocycles. The maximum Gasteiger partial charge on any atom is 0.346 e. The molecule has 0 atom stereocenters. The van der Waals surface area contributed by atoms with Crippen LogP contribution in [0.5, 0.6) is 0 Å². The topological polar surface area (TPSA) is 78.9 Å². The Kier molecular flexibility index (Phi) is 4.59. The zero-order chi connectivity index (χ0) is 16.3. The number of halogens is 2. The summed E-state index contributed by atoms with van der Waals surface area (Å²) in [5.74, 6) is -1.67. The molecule has 0 aliphatic carbocycles. The normalized spacial score (nSPS) is 11.3. The van der Waals surface area contributed by atoms with E-state index in [1.54, 1.807) is 25.1 Å². The lowest BCUT2D eigenvalue weighted by Gasteiger charge is -2.03. The first kappa shape index (κ1) is 15.7. The molecule has 0 bridgehead atoms. The van der Waals surface area contributed by atoms with Crippen molar-refractivity contribution in [3.8, 4) is 6.07 Å². The van der Waals surface area contributed by atoms with Gasteiger partial charge in [-0.2, -0.15) is 10.4 Å². The number of aromatic nitrogens is 2. The molecule has 1 aromatic carbocycles. The summed E-state index contributed by atoms with van der Waals surface area (Å²) in [4.78, 5) is 10.9. The minimum Gasteiger partial charge on any atom is -0.477 e. The Balaban J connectivity index is 2.37. The van der Waals surface area contributed by atoms with Gasteiger partial charge in [-0.05, 0) is 30.7 Å². The zero-order valence-corrected chi connectivity index (χ0v) is 12.3. The number of benzene rings is 1. The van der Waals surface area contributed by atoms with Crippen molar-refractivity contribution < 1.29 is 14.3 Å². The van der Waals surface area contributed by atoms with E-state index in [0.29, 0.717) is 17.8 Å². The lowest BCUT2D eigenvalue weighted by Crippen LogP contribution is -2.02. The second-order valence-corrected chi connectivity index (χ2v) is 4.91. The van der Waals surface area contributed by atoms with Crippen LogP contribution in [0.3, 0.4) is 0 Å². The fourth-order valence-electron chi connectivity index (χ4n) is 1.88. The van der Waals surface area contributed by atoms with Gasteiger partial charge in [0.15, 0.2) is 0 Å². The van der Waals surface area contributed by atoms with Crippen molar-refractivity contribution in [1.29, 1.82) is 5.26 Å². The van der Waals surface area contributed by atoms with Gasteiger partial charge in [-0.3, -0.25) is 0 Å². The summed E-state index contributed by atoms with van der Waals surface area (Å²) in [6.45, 7) is 1.97. The number of hydrogen-bond donors (Lipinski definition) is 1. The average molecular weight is 320 g/mol. The minimum atomic E-state index is -1.33. The fourth-order valence-corrected chi connectivity index (χ4v) is 2.17. The molecule has 2 rings (SSSR count). The smallest absolute Gasteiger partial charge is 0.346 e. The summed E-state index contributed by atoms with van der Waals surface area (Å²) < 4.78 is 14.4. The van der Waals surface area contributed by atoms with E-state index in [-0.39, 0.29) is 11.0 Å². The first-order valence-corrected chi connectivity index (χ1v) is 6.62. The van der Waals surface area contributed by atoms with Crippen LogP contribution in [-0.2, 0) is 11.3 Å². The van der Waals surface area contributed by atoms with Crippen molar-refractivity contribution >= 4 is 23.6 Å². The zero-order valence-electron chi connectivity index (χ0n) is 11.5. The summed E-state index contributed by atoms with van der Waals surface area (Å²) >= 11 is 6.20. The van der Waals surface area contributed by atoms with Gasteiger partial charge in [0.1, 0.15) is 22.6 Å². The molecule has 0 fully saturated rings. The Morgan fingerprint density at radius 2 is 2.14 bits per heavy atom. The quantitative estimate of drug-likeness (QED) is 0.694. The van der Waals surface area contributed by atoms with E-state index in [9.17, 15) is 9.18 Å². The van der Waals surface area contributed by atoms with Crippen LogP contribution in [-0.4, -0.2) is 20.9 Å². The third kappa shape index (κ3) is 3.32. The summed E-state index contributed by atoms with van der Waals surface area (Å²) in [6.07, 6.45) is 1.19. The van der Waals surface area contributed by atoms with Gasteiger partial charge < -0.3 is 5.11 Å². The van der Waals surface area contributed by atoms with Crippen LogP contribution in [0.2, 0.25) is 5.15 Å². The molecule has 0 radical (unpaired) electrons. The van der Waals surface area contributed by atoms with Gasteiger partial charge in [-0.15, -0.1) is 0 Å². The molecule has 22 heavy (non-hydrogen) atoms. The number of rotatable bonds is 4. The van der Waals surface area contributed by atoms with Crippen molar-refractivity contribution in [3.05, 3.63) is 57.6 Å². The molecule has 0 aliphatic heterocycles. The molecule has 112 valence electrons. The molecule has 5 nitrogen and oxygen atoms in total. The van der Waals surface area contributed by atoms with Gasteiger partial charge in [-0.25, -0.2) is 13.9 Å². The Morgan fingerprint density at radius 1 is 1.50 bits per heavy atom. The van der Waals surface area contributed by atoms with E-state index >= 15 is 0 Å². The molecular formula is C15H11ClFN3O2. The molecule has 1 N–H and O–H groups in total. The van der Waals surface area contributed by atoms with Gasteiger partial charge in [0.05, 0.1) is 12.2 Å². The van der Waals surface area contributed by atoms with Crippen molar-refractivity contribution in [1.82, 2.24) is 9.78 Å². The molecule has 0 saturated heterocycles. The van der Waals surface area contributed by atoms with Crippen LogP contribution >= 0.6 is 11.6 Å². The van der Waals surface area contributed by atoms with Crippen LogP contribution in [0.15, 0.2) is 29.8 Å². The van der Waals surface area contributed by atoms with Gasteiger partial charge >= 0.3 is 5.97 Å². The number of carbonyl (C=O) groups is 1. The van der Waals surface area contributed by atoms with E-state index in [1.165, 1.54) is 22.9 Å². The average Bonchev–Trinajstić information content (AvgIpc) is 2.73. The Labute approximate surface area is 130 Å². The van der Waals surface area contributed by atoms with Crippen LogP contribution in [0.4, 0.5) is 4.39 Å². The van der Waals surface area contributed by atoms with Gasteiger partial charge in [-0.1, -0.05) is 23.7 Å². The van der Waals surface area contributed by atoms with E-state index in [4.69, 9.17) is 22.0 Å². The summed E-state index contributed by atoms with van der Waals surface area (Å²) in [6, 6.07) is 7.47. The number of aliphatic carboxylic acids is 1. The SMILES string of the molecule is Cc1nn(Cc2ccc(F)cc2)c(Cl)c1/C=C(\C#N)C(=O)O. The van der Waals surface area contributed by atoms with E-state index < -0.39 is 11.5 Å². The standard InChI is InChI=1S/C15H11ClFN3O2/c1-9-13(6-11(7-18)15(21)22)14(16)20(19-9)8-10-2-4-12(17)5-3-10/h2-6H,8H2,1H3,(H,21,22)/b11-6+. The number of carboxylic acids is 1. The Hall–Kier alpha value is -2.65. The summed E-state index contributed by atoms with van der Waals surface area (Å²) in [5.41, 5.74) is 1.25. The summed E-state index contributed by atoms with van der Waals surface area (Å²) in [7, 11) is 0. The molecule has 2 aromatic rings. The highest BCUT2D eigenvalue weighted by Gasteiger charge is 2.15. The monoisotopic (exact) mass is 319 g/mol. The highest BCUT2D eigenvalue weighted by Crippen LogP contribution is 2.23. The first-order valence-electron chi connectivity index (χ1n) is 6.25. The molecule has 0 saturated carbocycles. The number of hydrogen-bond acceptors (Lipinski definition) is 3. The predicted molar refractivity (Wildman–Crippen MR) is 78.7 cm³/mol. The molecule has 0 aliphatic rings. The van der Waals surface area contributed by atoms with E-state index in [0.717, 1.165) is 5.56 Å².